The van der Waals surface area contributed by atoms with Gasteiger partial charge in [-0.1, -0.05) is 49.9 Å². The van der Waals surface area contributed by atoms with E-state index in [2.05, 4.69) is 29.4 Å². The minimum Gasteiger partial charge on any atom is -0.493 e. The molecule has 2 atom stereocenters. The molecule has 7 nitrogen and oxygen atoms in total. The average Bonchev–Trinajstić information content (AvgIpc) is 3.17. The molecule has 9 heteroatoms. The molecule has 1 heterocycles. The van der Waals surface area contributed by atoms with Crippen LogP contribution in [0.4, 0.5) is 10.1 Å². The van der Waals surface area contributed by atoms with Crippen molar-refractivity contribution in [2.24, 2.45) is 5.92 Å². The van der Waals surface area contributed by atoms with Crippen molar-refractivity contribution in [3.63, 3.8) is 0 Å². The first-order valence-corrected chi connectivity index (χ1v) is 11.6. The van der Waals surface area contributed by atoms with E-state index in [1.54, 1.807) is 26.2 Å². The molecule has 2 unspecified atom stereocenters. The van der Waals surface area contributed by atoms with E-state index in [1.165, 1.54) is 23.9 Å². The summed E-state index contributed by atoms with van der Waals surface area (Å²) in [6.07, 6.45) is -0.399. The van der Waals surface area contributed by atoms with Gasteiger partial charge in [-0.3, -0.25) is 4.79 Å². The van der Waals surface area contributed by atoms with Crippen molar-refractivity contribution in [2.75, 3.05) is 12.4 Å². The minimum atomic E-state index is -0.516. The molecule has 0 saturated heterocycles. The van der Waals surface area contributed by atoms with E-state index in [-0.39, 0.29) is 11.6 Å². The van der Waals surface area contributed by atoms with Crippen LogP contribution in [0.25, 0.3) is 0 Å². The van der Waals surface area contributed by atoms with Gasteiger partial charge in [-0.15, -0.1) is 10.2 Å². The lowest BCUT2D eigenvalue weighted by atomic mass is 10.2. The Morgan fingerprint density at radius 1 is 1.06 bits per heavy atom. The van der Waals surface area contributed by atoms with Crippen molar-refractivity contribution in [2.45, 2.75) is 50.8 Å². The molecule has 176 valence electrons. The number of carbonyl (C=O) groups is 1. The van der Waals surface area contributed by atoms with Gasteiger partial charge in [0.15, 0.2) is 28.6 Å². The summed E-state index contributed by atoms with van der Waals surface area (Å²) < 4.78 is 27.4. The van der Waals surface area contributed by atoms with Crippen molar-refractivity contribution in [3.8, 4) is 11.5 Å². The minimum absolute atomic E-state index is 0.151. The highest BCUT2D eigenvalue weighted by Crippen LogP contribution is 2.32. The van der Waals surface area contributed by atoms with E-state index in [0.717, 1.165) is 0 Å². The van der Waals surface area contributed by atoms with Crippen molar-refractivity contribution < 1.29 is 18.7 Å². The highest BCUT2D eigenvalue weighted by Gasteiger charge is 2.25. The molecule has 1 aromatic heterocycles. The first-order valence-electron chi connectivity index (χ1n) is 10.7. The van der Waals surface area contributed by atoms with Crippen LogP contribution in [0.3, 0.4) is 0 Å². The van der Waals surface area contributed by atoms with Crippen LogP contribution in [0.2, 0.25) is 0 Å². The number of nitrogens with one attached hydrogen (secondary N) is 1. The fourth-order valence-electron chi connectivity index (χ4n) is 3.19. The topological polar surface area (TPSA) is 78.3 Å². The SMILES string of the molecule is COc1ccccc1OC(C)c1nnc(SC(C)C(=O)Nc2ccccc2F)n1CC(C)C. The largest absolute Gasteiger partial charge is 0.493 e. The number of aromatic nitrogens is 3. The molecule has 1 amide bonds. The molecule has 0 saturated carbocycles. The van der Waals surface area contributed by atoms with Crippen LogP contribution in [0.1, 0.15) is 39.6 Å². The van der Waals surface area contributed by atoms with Crippen molar-refractivity contribution in [3.05, 3.63) is 60.2 Å². The van der Waals surface area contributed by atoms with E-state index in [1.807, 2.05) is 35.8 Å². The lowest BCUT2D eigenvalue weighted by molar-refractivity contribution is -0.115. The van der Waals surface area contributed by atoms with Gasteiger partial charge in [0.1, 0.15) is 5.82 Å². The van der Waals surface area contributed by atoms with Crippen LogP contribution in [0.5, 0.6) is 11.5 Å². The highest BCUT2D eigenvalue weighted by atomic mass is 32.2. The second-order valence-corrected chi connectivity index (χ2v) is 9.29. The first kappa shape index (κ1) is 24.6. The first-order chi connectivity index (χ1) is 15.8. The molecule has 0 radical (unpaired) electrons. The fraction of sp³-hybridized carbons (Fsp3) is 0.375. The summed E-state index contributed by atoms with van der Waals surface area (Å²) in [5, 5.41) is 11.4. The average molecular weight is 473 g/mol. The standard InChI is InChI=1S/C24H29FN4O3S/c1-15(2)14-29-22(16(3)32-21-13-9-8-12-20(21)31-5)27-28-24(29)33-17(4)23(30)26-19-11-7-6-10-18(19)25/h6-13,15-17H,14H2,1-5H3,(H,26,30). The Hall–Kier alpha value is -3.07. The Morgan fingerprint density at radius 3 is 2.39 bits per heavy atom. The van der Waals surface area contributed by atoms with Gasteiger partial charge in [0.05, 0.1) is 18.0 Å². The van der Waals surface area contributed by atoms with Crippen LogP contribution in [0, 0.1) is 11.7 Å². The number of ether oxygens (including phenoxy) is 2. The third kappa shape index (κ3) is 6.25. The van der Waals surface area contributed by atoms with E-state index < -0.39 is 17.2 Å². The Bertz CT molecular complexity index is 1090. The number of rotatable bonds is 10. The van der Waals surface area contributed by atoms with Gasteiger partial charge in [-0.2, -0.15) is 0 Å². The Labute approximate surface area is 197 Å². The zero-order chi connectivity index (χ0) is 24.0. The summed E-state index contributed by atoms with van der Waals surface area (Å²) in [7, 11) is 1.59. The number of anilines is 1. The van der Waals surface area contributed by atoms with Gasteiger partial charge in [0, 0.05) is 6.54 Å². The molecule has 0 bridgehead atoms. The van der Waals surface area contributed by atoms with Crippen molar-refractivity contribution in [1.29, 1.82) is 0 Å². The lowest BCUT2D eigenvalue weighted by Gasteiger charge is -2.19. The number of nitrogens with zero attached hydrogens (tertiary/aromatic N) is 3. The Morgan fingerprint density at radius 2 is 1.73 bits per heavy atom. The monoisotopic (exact) mass is 472 g/mol. The summed E-state index contributed by atoms with van der Waals surface area (Å²) in [6, 6.07) is 13.5. The second-order valence-electron chi connectivity index (χ2n) is 7.99. The number of hydrogen-bond acceptors (Lipinski definition) is 6. The van der Waals surface area contributed by atoms with Crippen LogP contribution in [-0.2, 0) is 11.3 Å². The highest BCUT2D eigenvalue weighted by molar-refractivity contribution is 8.00. The van der Waals surface area contributed by atoms with Crippen molar-refractivity contribution >= 4 is 23.4 Å². The maximum atomic E-state index is 13.9. The van der Waals surface area contributed by atoms with Crippen LogP contribution in [-0.4, -0.2) is 33.0 Å². The molecule has 0 fully saturated rings. The number of thioether (sulfide) groups is 1. The summed E-state index contributed by atoms with van der Waals surface area (Å²) in [4.78, 5) is 12.7. The number of methoxy groups -OCH3 is 1. The smallest absolute Gasteiger partial charge is 0.237 e. The zero-order valence-electron chi connectivity index (χ0n) is 19.4. The number of halogens is 1. The predicted molar refractivity (Wildman–Crippen MR) is 127 cm³/mol. The van der Waals surface area contributed by atoms with Gasteiger partial charge in [-0.25, -0.2) is 4.39 Å². The van der Waals surface area contributed by atoms with Gasteiger partial charge in [0.25, 0.3) is 0 Å². The van der Waals surface area contributed by atoms with Gasteiger partial charge < -0.3 is 19.4 Å². The predicted octanol–water partition coefficient (Wildman–Crippen LogP) is 5.34. The molecule has 0 aliphatic carbocycles. The van der Waals surface area contributed by atoms with Crippen LogP contribution in [0.15, 0.2) is 53.7 Å². The molecule has 0 aliphatic rings. The molecule has 3 rings (SSSR count). The van der Waals surface area contributed by atoms with Gasteiger partial charge >= 0.3 is 0 Å². The molecule has 0 spiro atoms. The molecular weight excluding hydrogens is 443 g/mol. The van der Waals surface area contributed by atoms with E-state index in [0.29, 0.717) is 34.9 Å². The number of benzene rings is 2. The molecule has 3 aromatic rings. The van der Waals surface area contributed by atoms with E-state index >= 15 is 0 Å². The Kier molecular flexibility index (Phi) is 8.32. The number of para-hydroxylation sites is 3. The normalized spacial score (nSPS) is 12.9. The maximum Gasteiger partial charge on any atom is 0.237 e. The van der Waals surface area contributed by atoms with Gasteiger partial charge in [0.2, 0.25) is 5.91 Å². The molecule has 33 heavy (non-hydrogen) atoms. The van der Waals surface area contributed by atoms with E-state index in [9.17, 15) is 9.18 Å². The molecule has 2 aromatic carbocycles. The summed E-state index contributed by atoms with van der Waals surface area (Å²) >= 11 is 1.27. The van der Waals surface area contributed by atoms with E-state index in [4.69, 9.17) is 9.47 Å². The number of amides is 1. The molecular formula is C24H29FN4O3S. The molecule has 1 N–H and O–H groups in total. The summed E-state index contributed by atoms with van der Waals surface area (Å²) in [5.74, 6) is 1.42. The summed E-state index contributed by atoms with van der Waals surface area (Å²) in [6.45, 7) is 8.50. The maximum absolute atomic E-state index is 13.9. The zero-order valence-corrected chi connectivity index (χ0v) is 20.2. The quantitative estimate of drug-likeness (QED) is 0.401. The third-order valence-corrected chi connectivity index (χ3v) is 5.89. The lowest BCUT2D eigenvalue weighted by Crippen LogP contribution is -2.24. The number of carbonyl (C=O) groups excluding carboxylic acids is 1. The van der Waals surface area contributed by atoms with Crippen LogP contribution < -0.4 is 14.8 Å². The fourth-order valence-corrected chi connectivity index (χ4v) is 4.06. The second kappa shape index (κ2) is 11.2. The summed E-state index contributed by atoms with van der Waals surface area (Å²) in [5.41, 5.74) is 0.151. The third-order valence-electron chi connectivity index (χ3n) is 4.81. The molecule has 0 aliphatic heterocycles. The van der Waals surface area contributed by atoms with Crippen molar-refractivity contribution in [1.82, 2.24) is 14.8 Å². The Balaban J connectivity index is 1.78. The number of hydrogen-bond donors (Lipinski definition) is 1. The van der Waals surface area contributed by atoms with Gasteiger partial charge in [-0.05, 0) is 44.0 Å². The van der Waals surface area contributed by atoms with Crippen LogP contribution >= 0.6 is 11.8 Å².